The maximum atomic E-state index is 15.6. The van der Waals surface area contributed by atoms with Gasteiger partial charge in [0.1, 0.15) is 24.0 Å². The standard InChI is InChI=1S/C33H38F4N6O4/c1-20-16-42(23-8-11-47-12-9-23)17-25(34)29(20)41-32(45)24-13-21(14-27-30(24)40-19-43(27)18-33(35,36)37)5-4-10-39-26-15-22(31(44)38-2)6-7-28(26)46-3/h6-7,13-15,19-20,23,25,29,39H,8-12,16-18H2,1-3H3,(H,38,44)(H,41,45)/t20-,25-,29+/m0/s1. The van der Waals surface area contributed by atoms with E-state index in [0.717, 1.165) is 23.7 Å². The lowest BCUT2D eigenvalue weighted by Crippen LogP contribution is -2.59. The SMILES string of the molecule is CNC(=O)c1ccc(OC)c(NCC#Cc2cc(C(=O)N[C@@H]3[C@@H](C)CN(C4CCOCC4)C[C@@H]3F)c3ncn(CC(F)(F)F)c3c2)c1. The van der Waals surface area contributed by atoms with Crippen LogP contribution in [0.4, 0.5) is 23.2 Å². The molecule has 252 valence electrons. The van der Waals surface area contributed by atoms with Gasteiger partial charge in [-0.3, -0.25) is 14.5 Å². The van der Waals surface area contributed by atoms with E-state index in [1.54, 1.807) is 18.2 Å². The second kappa shape index (κ2) is 14.6. The highest BCUT2D eigenvalue weighted by atomic mass is 19.4. The molecule has 14 heteroatoms. The van der Waals surface area contributed by atoms with E-state index in [1.165, 1.54) is 26.3 Å². The number of imidazole rings is 1. The van der Waals surface area contributed by atoms with Gasteiger partial charge >= 0.3 is 6.18 Å². The van der Waals surface area contributed by atoms with Crippen LogP contribution in [0, 0.1) is 17.8 Å². The topological polar surface area (TPSA) is 110 Å². The molecule has 0 spiro atoms. The Hall–Kier alpha value is -4.35. The van der Waals surface area contributed by atoms with Crippen molar-refractivity contribution in [3.05, 3.63) is 53.3 Å². The number of amides is 2. The van der Waals surface area contributed by atoms with Crippen LogP contribution in [0.3, 0.4) is 0 Å². The van der Waals surface area contributed by atoms with Gasteiger partial charge in [0.15, 0.2) is 0 Å². The molecule has 0 radical (unpaired) electrons. The molecule has 0 aliphatic carbocycles. The summed E-state index contributed by atoms with van der Waals surface area (Å²) in [6, 6.07) is 7.20. The highest BCUT2D eigenvalue weighted by Gasteiger charge is 2.39. The van der Waals surface area contributed by atoms with Crippen molar-refractivity contribution in [1.82, 2.24) is 25.1 Å². The Morgan fingerprint density at radius 1 is 1.13 bits per heavy atom. The largest absolute Gasteiger partial charge is 0.495 e. The Labute approximate surface area is 270 Å². The molecule has 1 aromatic heterocycles. The number of carbonyl (C=O) groups is 2. The second-order valence-corrected chi connectivity index (χ2v) is 11.8. The molecule has 10 nitrogen and oxygen atoms in total. The zero-order chi connectivity index (χ0) is 33.7. The minimum atomic E-state index is -4.53. The van der Waals surface area contributed by atoms with Crippen LogP contribution in [0.25, 0.3) is 11.0 Å². The third kappa shape index (κ3) is 8.15. The molecule has 2 saturated heterocycles. The number of ether oxygens (including phenoxy) is 2. The molecule has 47 heavy (non-hydrogen) atoms. The average Bonchev–Trinajstić information content (AvgIpc) is 3.44. The van der Waals surface area contributed by atoms with Crippen LogP contribution in [-0.2, 0) is 11.3 Å². The summed E-state index contributed by atoms with van der Waals surface area (Å²) in [7, 11) is 3.00. The predicted molar refractivity (Wildman–Crippen MR) is 168 cm³/mol. The molecule has 0 saturated carbocycles. The Bertz CT molecular complexity index is 1650. The molecule has 2 aromatic carbocycles. The number of hydrogen-bond donors (Lipinski definition) is 3. The van der Waals surface area contributed by atoms with Crippen LogP contribution in [0.15, 0.2) is 36.7 Å². The van der Waals surface area contributed by atoms with Gasteiger partial charge in [-0.25, -0.2) is 9.37 Å². The summed E-state index contributed by atoms with van der Waals surface area (Å²) in [4.78, 5) is 32.0. The number of hydrogen-bond acceptors (Lipinski definition) is 7. The molecule has 5 rings (SSSR count). The molecule has 2 aliphatic rings. The number of nitrogens with one attached hydrogen (secondary N) is 3. The smallest absolute Gasteiger partial charge is 0.406 e. The van der Waals surface area contributed by atoms with Gasteiger partial charge in [0, 0.05) is 50.5 Å². The first kappa shape index (κ1) is 34.0. The summed E-state index contributed by atoms with van der Waals surface area (Å²) in [6.45, 7) is 2.70. The maximum Gasteiger partial charge on any atom is 0.406 e. The Morgan fingerprint density at radius 3 is 2.57 bits per heavy atom. The summed E-state index contributed by atoms with van der Waals surface area (Å²) in [5, 5.41) is 8.44. The molecule has 3 atom stereocenters. The third-order valence-corrected chi connectivity index (χ3v) is 8.55. The van der Waals surface area contributed by atoms with E-state index in [4.69, 9.17) is 9.47 Å². The van der Waals surface area contributed by atoms with Crippen molar-refractivity contribution in [2.45, 2.75) is 50.7 Å². The lowest BCUT2D eigenvalue weighted by molar-refractivity contribution is -0.140. The molecular formula is C33H38F4N6O4. The molecule has 3 N–H and O–H groups in total. The lowest BCUT2D eigenvalue weighted by atomic mass is 9.89. The zero-order valence-electron chi connectivity index (χ0n) is 26.4. The van der Waals surface area contributed by atoms with Crippen LogP contribution in [0.1, 0.15) is 46.0 Å². The first-order chi connectivity index (χ1) is 22.5. The number of carbonyl (C=O) groups excluding carboxylic acids is 2. The molecule has 3 aromatic rings. The quantitative estimate of drug-likeness (QED) is 0.248. The van der Waals surface area contributed by atoms with Crippen LogP contribution in [-0.4, -0.2) is 97.7 Å². The number of likely N-dealkylation sites (tertiary alicyclic amines) is 1. The second-order valence-electron chi connectivity index (χ2n) is 11.8. The number of piperidine rings is 1. The minimum Gasteiger partial charge on any atom is -0.495 e. The van der Waals surface area contributed by atoms with Gasteiger partial charge in [0.25, 0.3) is 11.8 Å². The minimum absolute atomic E-state index is 0.00638. The first-order valence-corrected chi connectivity index (χ1v) is 15.4. The van der Waals surface area contributed by atoms with Gasteiger partial charge < -0.3 is 30.0 Å². The Kier molecular flexibility index (Phi) is 10.6. The Morgan fingerprint density at radius 2 is 1.89 bits per heavy atom. The van der Waals surface area contributed by atoms with Crippen LogP contribution in [0.5, 0.6) is 5.75 Å². The fourth-order valence-electron chi connectivity index (χ4n) is 6.21. The summed E-state index contributed by atoms with van der Waals surface area (Å²) in [5.41, 5.74) is 1.34. The summed E-state index contributed by atoms with van der Waals surface area (Å²) < 4.78 is 67.4. The van der Waals surface area contributed by atoms with Crippen molar-refractivity contribution < 1.29 is 36.6 Å². The third-order valence-electron chi connectivity index (χ3n) is 8.55. The molecule has 2 amide bonds. The fourth-order valence-corrected chi connectivity index (χ4v) is 6.21. The van der Waals surface area contributed by atoms with E-state index in [1.807, 2.05) is 6.92 Å². The molecule has 0 bridgehead atoms. The maximum absolute atomic E-state index is 15.6. The molecule has 2 fully saturated rings. The van der Waals surface area contributed by atoms with Gasteiger partial charge in [-0.1, -0.05) is 18.8 Å². The van der Waals surface area contributed by atoms with Gasteiger partial charge in [-0.05, 0) is 49.1 Å². The number of nitrogens with zero attached hydrogens (tertiary/aromatic N) is 3. The molecule has 3 heterocycles. The molecule has 2 aliphatic heterocycles. The number of aromatic nitrogens is 2. The van der Waals surface area contributed by atoms with E-state index < -0.39 is 30.8 Å². The van der Waals surface area contributed by atoms with Crippen molar-refractivity contribution in [1.29, 1.82) is 0 Å². The predicted octanol–water partition coefficient (Wildman–Crippen LogP) is 4.00. The summed E-state index contributed by atoms with van der Waals surface area (Å²) in [5.74, 6) is 5.17. The molecule has 0 unspecified atom stereocenters. The first-order valence-electron chi connectivity index (χ1n) is 15.4. The van der Waals surface area contributed by atoms with Crippen LogP contribution >= 0.6 is 0 Å². The highest BCUT2D eigenvalue weighted by Crippen LogP contribution is 2.28. The zero-order valence-corrected chi connectivity index (χ0v) is 26.4. The van der Waals surface area contributed by atoms with Gasteiger partial charge in [0.05, 0.1) is 42.8 Å². The van der Waals surface area contributed by atoms with E-state index in [-0.39, 0.29) is 53.1 Å². The monoisotopic (exact) mass is 658 g/mol. The number of fused-ring (bicyclic) bond motifs is 1. The van der Waals surface area contributed by atoms with E-state index >= 15 is 4.39 Å². The number of halogens is 4. The van der Waals surface area contributed by atoms with Crippen molar-refractivity contribution in [2.24, 2.45) is 5.92 Å². The van der Waals surface area contributed by atoms with Crippen LogP contribution in [0.2, 0.25) is 0 Å². The summed E-state index contributed by atoms with van der Waals surface area (Å²) >= 11 is 0. The summed E-state index contributed by atoms with van der Waals surface area (Å²) in [6.07, 6.45) is -3.18. The number of methoxy groups -OCH3 is 1. The van der Waals surface area contributed by atoms with Gasteiger partial charge in [-0.15, -0.1) is 0 Å². The normalized spacial score (nSPS) is 20.7. The Balaban J connectivity index is 1.38. The highest BCUT2D eigenvalue weighted by molar-refractivity contribution is 6.05. The lowest BCUT2D eigenvalue weighted by Gasteiger charge is -2.44. The van der Waals surface area contributed by atoms with Gasteiger partial charge in [0.2, 0.25) is 0 Å². The van der Waals surface area contributed by atoms with Crippen molar-refractivity contribution >= 4 is 28.5 Å². The van der Waals surface area contributed by atoms with E-state index in [9.17, 15) is 22.8 Å². The number of alkyl halides is 4. The van der Waals surface area contributed by atoms with Gasteiger partial charge in [-0.2, -0.15) is 13.2 Å². The molecular weight excluding hydrogens is 620 g/mol. The van der Waals surface area contributed by atoms with Crippen molar-refractivity contribution in [3.63, 3.8) is 0 Å². The average molecular weight is 659 g/mol. The van der Waals surface area contributed by atoms with E-state index in [0.29, 0.717) is 36.8 Å². The number of rotatable bonds is 8. The number of anilines is 1. The van der Waals surface area contributed by atoms with Crippen LogP contribution < -0.4 is 20.7 Å². The van der Waals surface area contributed by atoms with E-state index in [2.05, 4.69) is 37.7 Å². The van der Waals surface area contributed by atoms with Crippen molar-refractivity contribution in [3.8, 4) is 17.6 Å². The number of benzene rings is 2. The fraction of sp³-hybridized carbons (Fsp3) is 0.485. The van der Waals surface area contributed by atoms with Crippen molar-refractivity contribution in [2.75, 3.05) is 52.3 Å².